The molecule has 0 spiro atoms. The highest BCUT2D eigenvalue weighted by Crippen LogP contribution is 2.33. The Labute approximate surface area is 181 Å². The molecule has 0 saturated carbocycles. The monoisotopic (exact) mass is 425 g/mol. The molecule has 3 aromatic rings. The van der Waals surface area contributed by atoms with Gasteiger partial charge >= 0.3 is 0 Å². The molecule has 1 saturated heterocycles. The van der Waals surface area contributed by atoms with Crippen molar-refractivity contribution in [2.75, 3.05) is 19.6 Å². The standard InChI is InChI=1S/C24H28FN3OS/c1-16(2)23(17-9-11-19(25)12-10-17)26-14-22(29)28-13-5-6-18(15-28)24-27-20-7-3-4-8-21(20)30-24/h3-4,7-12,16,18,23,26H,5-6,13-15H2,1-2H3/t18-,23+/m0/s1. The molecule has 30 heavy (non-hydrogen) atoms. The number of thiazole rings is 1. The summed E-state index contributed by atoms with van der Waals surface area (Å²) in [6.45, 7) is 6.02. The van der Waals surface area contributed by atoms with Crippen LogP contribution >= 0.6 is 11.3 Å². The molecule has 1 amide bonds. The van der Waals surface area contributed by atoms with Crippen LogP contribution in [0.2, 0.25) is 0 Å². The molecule has 4 rings (SSSR count). The predicted octanol–water partition coefficient (Wildman–Crippen LogP) is 5.13. The first-order chi connectivity index (χ1) is 14.5. The van der Waals surface area contributed by atoms with E-state index < -0.39 is 0 Å². The Balaban J connectivity index is 1.39. The lowest BCUT2D eigenvalue weighted by Crippen LogP contribution is -2.44. The van der Waals surface area contributed by atoms with Gasteiger partial charge in [-0.05, 0) is 48.6 Å². The van der Waals surface area contributed by atoms with E-state index in [0.29, 0.717) is 11.8 Å². The van der Waals surface area contributed by atoms with Gasteiger partial charge in [0, 0.05) is 25.0 Å². The molecule has 1 aromatic heterocycles. The Morgan fingerprint density at radius 1 is 1.23 bits per heavy atom. The molecule has 0 radical (unpaired) electrons. The third-order valence-corrected chi connectivity index (χ3v) is 7.00. The third-order valence-electron chi connectivity index (χ3n) is 5.80. The molecule has 1 N–H and O–H groups in total. The second-order valence-electron chi connectivity index (χ2n) is 8.35. The summed E-state index contributed by atoms with van der Waals surface area (Å²) in [6, 6.07) is 14.8. The predicted molar refractivity (Wildman–Crippen MR) is 120 cm³/mol. The Morgan fingerprint density at radius 2 is 2.00 bits per heavy atom. The van der Waals surface area contributed by atoms with E-state index in [9.17, 15) is 9.18 Å². The quantitative estimate of drug-likeness (QED) is 0.596. The average Bonchev–Trinajstić information content (AvgIpc) is 3.19. The number of hydrogen-bond acceptors (Lipinski definition) is 4. The minimum absolute atomic E-state index is 0.0133. The van der Waals surface area contributed by atoms with Gasteiger partial charge in [-0.1, -0.05) is 38.1 Å². The number of piperidine rings is 1. The molecule has 1 aliphatic heterocycles. The fraction of sp³-hybridized carbons (Fsp3) is 0.417. The van der Waals surface area contributed by atoms with E-state index >= 15 is 0 Å². The molecule has 0 unspecified atom stereocenters. The van der Waals surface area contributed by atoms with Crippen molar-refractivity contribution in [3.8, 4) is 0 Å². The van der Waals surface area contributed by atoms with Gasteiger partial charge in [0.25, 0.3) is 0 Å². The normalized spacial score (nSPS) is 18.1. The van der Waals surface area contributed by atoms with E-state index in [-0.39, 0.29) is 24.3 Å². The van der Waals surface area contributed by atoms with Crippen LogP contribution in [0.1, 0.15) is 49.2 Å². The van der Waals surface area contributed by atoms with Crippen LogP contribution in [0.25, 0.3) is 10.2 Å². The van der Waals surface area contributed by atoms with Crippen molar-refractivity contribution in [2.45, 2.75) is 38.6 Å². The van der Waals surface area contributed by atoms with Gasteiger partial charge in [-0.15, -0.1) is 11.3 Å². The molecule has 6 heteroatoms. The Kier molecular flexibility index (Phi) is 6.44. The van der Waals surface area contributed by atoms with Gasteiger partial charge in [-0.3, -0.25) is 4.79 Å². The van der Waals surface area contributed by atoms with Crippen molar-refractivity contribution < 1.29 is 9.18 Å². The highest BCUT2D eigenvalue weighted by Gasteiger charge is 2.27. The lowest BCUT2D eigenvalue weighted by Gasteiger charge is -2.33. The summed E-state index contributed by atoms with van der Waals surface area (Å²) in [6.07, 6.45) is 2.07. The van der Waals surface area contributed by atoms with E-state index in [1.807, 2.05) is 23.1 Å². The van der Waals surface area contributed by atoms with Crippen LogP contribution in [0.5, 0.6) is 0 Å². The minimum atomic E-state index is -0.244. The van der Waals surface area contributed by atoms with Crippen LogP contribution in [0.4, 0.5) is 4.39 Å². The highest BCUT2D eigenvalue weighted by atomic mass is 32.1. The zero-order valence-electron chi connectivity index (χ0n) is 17.5. The van der Waals surface area contributed by atoms with Crippen LogP contribution in [0, 0.1) is 11.7 Å². The van der Waals surface area contributed by atoms with Crippen LogP contribution in [0.3, 0.4) is 0 Å². The molecular formula is C24H28FN3OS. The van der Waals surface area contributed by atoms with Gasteiger partial charge in [-0.2, -0.15) is 0 Å². The van der Waals surface area contributed by atoms with Crippen molar-refractivity contribution in [3.63, 3.8) is 0 Å². The van der Waals surface area contributed by atoms with Crippen LogP contribution in [-0.4, -0.2) is 35.4 Å². The third kappa shape index (κ3) is 4.71. The average molecular weight is 426 g/mol. The van der Waals surface area contributed by atoms with Crippen molar-refractivity contribution in [2.24, 2.45) is 5.92 Å². The van der Waals surface area contributed by atoms with Crippen molar-refractivity contribution in [1.82, 2.24) is 15.2 Å². The first-order valence-corrected chi connectivity index (χ1v) is 11.4. The summed E-state index contributed by atoms with van der Waals surface area (Å²) < 4.78 is 14.5. The summed E-state index contributed by atoms with van der Waals surface area (Å²) in [5.74, 6) is 0.471. The lowest BCUT2D eigenvalue weighted by atomic mass is 9.96. The van der Waals surface area contributed by atoms with Crippen LogP contribution in [0.15, 0.2) is 48.5 Å². The van der Waals surface area contributed by atoms with Crippen molar-refractivity contribution >= 4 is 27.5 Å². The van der Waals surface area contributed by atoms with Crippen molar-refractivity contribution in [1.29, 1.82) is 0 Å². The molecule has 2 atom stereocenters. The molecular weight excluding hydrogens is 397 g/mol. The van der Waals surface area contributed by atoms with Crippen LogP contribution < -0.4 is 5.32 Å². The number of carbonyl (C=O) groups is 1. The highest BCUT2D eigenvalue weighted by molar-refractivity contribution is 7.18. The van der Waals surface area contributed by atoms with Crippen molar-refractivity contribution in [3.05, 3.63) is 64.9 Å². The number of likely N-dealkylation sites (tertiary alicyclic amines) is 1. The number of fused-ring (bicyclic) bond motifs is 1. The largest absolute Gasteiger partial charge is 0.341 e. The minimum Gasteiger partial charge on any atom is -0.341 e. The maximum absolute atomic E-state index is 13.3. The fourth-order valence-corrected chi connectivity index (χ4v) is 5.28. The van der Waals surface area contributed by atoms with E-state index in [2.05, 4.69) is 25.2 Å². The Bertz CT molecular complexity index is 968. The number of aromatic nitrogens is 1. The number of rotatable bonds is 6. The lowest BCUT2D eigenvalue weighted by molar-refractivity contribution is -0.131. The number of nitrogens with one attached hydrogen (secondary N) is 1. The number of hydrogen-bond donors (Lipinski definition) is 1. The Hall–Kier alpha value is -2.31. The fourth-order valence-electron chi connectivity index (χ4n) is 4.19. The van der Waals surface area contributed by atoms with E-state index in [0.717, 1.165) is 42.0 Å². The Morgan fingerprint density at radius 3 is 2.73 bits per heavy atom. The summed E-state index contributed by atoms with van der Waals surface area (Å²) >= 11 is 1.74. The smallest absolute Gasteiger partial charge is 0.236 e. The first-order valence-electron chi connectivity index (χ1n) is 10.6. The second-order valence-corrected chi connectivity index (χ2v) is 9.42. The van der Waals surface area contributed by atoms with Gasteiger partial charge < -0.3 is 10.2 Å². The second kappa shape index (κ2) is 9.23. The van der Waals surface area contributed by atoms with Gasteiger partial charge in [0.15, 0.2) is 0 Å². The number of para-hydroxylation sites is 1. The maximum atomic E-state index is 13.3. The van der Waals surface area contributed by atoms with Crippen LogP contribution in [-0.2, 0) is 4.79 Å². The molecule has 2 heterocycles. The summed E-state index contributed by atoms with van der Waals surface area (Å²) in [5, 5.41) is 4.53. The van der Waals surface area contributed by atoms with E-state index in [4.69, 9.17) is 4.98 Å². The van der Waals surface area contributed by atoms with Gasteiger partial charge in [-0.25, -0.2) is 9.37 Å². The molecule has 1 aliphatic rings. The zero-order chi connectivity index (χ0) is 21.1. The molecule has 0 bridgehead atoms. The maximum Gasteiger partial charge on any atom is 0.236 e. The SMILES string of the molecule is CC(C)[C@@H](NCC(=O)N1CCC[C@H](c2nc3ccccc3s2)C1)c1ccc(F)cc1. The molecule has 4 nitrogen and oxygen atoms in total. The summed E-state index contributed by atoms with van der Waals surface area (Å²) in [5.41, 5.74) is 2.05. The topological polar surface area (TPSA) is 45.2 Å². The number of halogens is 1. The number of nitrogens with zero attached hydrogens (tertiary/aromatic N) is 2. The van der Waals surface area contributed by atoms with E-state index in [1.54, 1.807) is 23.5 Å². The number of amides is 1. The molecule has 2 aromatic carbocycles. The summed E-state index contributed by atoms with van der Waals surface area (Å²) in [7, 11) is 0. The molecule has 158 valence electrons. The first kappa shape index (κ1) is 20.9. The molecule has 0 aliphatic carbocycles. The number of benzene rings is 2. The van der Waals surface area contributed by atoms with Gasteiger partial charge in [0.2, 0.25) is 5.91 Å². The van der Waals surface area contributed by atoms with Gasteiger partial charge in [0.05, 0.1) is 21.8 Å². The summed E-state index contributed by atoms with van der Waals surface area (Å²) in [4.78, 5) is 19.7. The number of carbonyl (C=O) groups excluding carboxylic acids is 1. The van der Waals surface area contributed by atoms with E-state index in [1.165, 1.54) is 16.8 Å². The zero-order valence-corrected chi connectivity index (χ0v) is 18.3. The van der Waals surface area contributed by atoms with Gasteiger partial charge in [0.1, 0.15) is 5.82 Å². The molecule has 1 fully saturated rings.